The average molecular weight is 245 g/mol. The van der Waals surface area contributed by atoms with E-state index in [0.29, 0.717) is 12.4 Å². The molecule has 4 nitrogen and oxygen atoms in total. The van der Waals surface area contributed by atoms with Gasteiger partial charge >= 0.3 is 0 Å². The SMILES string of the molecule is CCCOc1ccccc1C(N)=NOC.Cl. The van der Waals surface area contributed by atoms with Crippen LogP contribution in [0.4, 0.5) is 0 Å². The molecule has 5 heteroatoms. The van der Waals surface area contributed by atoms with Crippen LogP contribution in [0.1, 0.15) is 18.9 Å². The summed E-state index contributed by atoms with van der Waals surface area (Å²) < 4.78 is 5.54. The van der Waals surface area contributed by atoms with E-state index in [-0.39, 0.29) is 12.4 Å². The summed E-state index contributed by atoms with van der Waals surface area (Å²) in [5.74, 6) is 1.06. The second-order valence-corrected chi connectivity index (χ2v) is 3.00. The molecule has 0 unspecified atom stereocenters. The van der Waals surface area contributed by atoms with Crippen molar-refractivity contribution in [2.45, 2.75) is 13.3 Å². The molecule has 0 radical (unpaired) electrons. The zero-order chi connectivity index (χ0) is 11.1. The molecular formula is C11H17ClN2O2. The first kappa shape index (κ1) is 14.6. The first-order valence-electron chi connectivity index (χ1n) is 4.88. The second kappa shape index (κ2) is 7.82. The Bertz CT molecular complexity index is 343. The fourth-order valence-corrected chi connectivity index (χ4v) is 1.16. The molecule has 0 aromatic heterocycles. The maximum absolute atomic E-state index is 5.72. The Morgan fingerprint density at radius 3 is 2.69 bits per heavy atom. The van der Waals surface area contributed by atoms with E-state index in [2.05, 4.69) is 16.9 Å². The lowest BCUT2D eigenvalue weighted by atomic mass is 10.2. The molecule has 0 amide bonds. The van der Waals surface area contributed by atoms with E-state index >= 15 is 0 Å². The van der Waals surface area contributed by atoms with Crippen LogP contribution in [0, 0.1) is 0 Å². The molecule has 90 valence electrons. The minimum atomic E-state index is 0. The smallest absolute Gasteiger partial charge is 0.174 e. The number of hydrogen-bond acceptors (Lipinski definition) is 3. The van der Waals surface area contributed by atoms with Crippen LogP contribution in [0.2, 0.25) is 0 Å². The van der Waals surface area contributed by atoms with Crippen molar-refractivity contribution in [1.82, 2.24) is 0 Å². The van der Waals surface area contributed by atoms with E-state index in [1.807, 2.05) is 24.3 Å². The third-order valence-electron chi connectivity index (χ3n) is 1.81. The van der Waals surface area contributed by atoms with Crippen molar-refractivity contribution in [3.05, 3.63) is 29.8 Å². The highest BCUT2D eigenvalue weighted by molar-refractivity contribution is 5.99. The highest BCUT2D eigenvalue weighted by atomic mass is 35.5. The second-order valence-electron chi connectivity index (χ2n) is 3.00. The Labute approximate surface area is 102 Å². The van der Waals surface area contributed by atoms with Crippen molar-refractivity contribution < 1.29 is 9.57 Å². The molecule has 0 aliphatic heterocycles. The molecule has 0 fully saturated rings. The first-order chi connectivity index (χ1) is 7.29. The Kier molecular flexibility index (Phi) is 7.12. The molecule has 1 rings (SSSR count). The number of para-hydroxylation sites is 1. The highest BCUT2D eigenvalue weighted by Crippen LogP contribution is 2.17. The number of oxime groups is 1. The number of benzene rings is 1. The molecular weight excluding hydrogens is 228 g/mol. The molecule has 0 saturated carbocycles. The maximum atomic E-state index is 5.72. The molecule has 1 aromatic carbocycles. The number of halogens is 1. The summed E-state index contributed by atoms with van der Waals surface area (Å²) in [6, 6.07) is 7.49. The number of nitrogens with zero attached hydrogens (tertiary/aromatic N) is 1. The van der Waals surface area contributed by atoms with Crippen molar-refractivity contribution in [1.29, 1.82) is 0 Å². The molecule has 0 aliphatic rings. The summed E-state index contributed by atoms with van der Waals surface area (Å²) in [6.07, 6.45) is 0.954. The van der Waals surface area contributed by atoms with Crippen molar-refractivity contribution in [2.24, 2.45) is 10.9 Å². The summed E-state index contributed by atoms with van der Waals surface area (Å²) in [4.78, 5) is 4.62. The number of hydrogen-bond donors (Lipinski definition) is 1. The Morgan fingerprint density at radius 1 is 1.38 bits per heavy atom. The summed E-state index contributed by atoms with van der Waals surface area (Å²) in [5.41, 5.74) is 6.48. The summed E-state index contributed by atoms with van der Waals surface area (Å²) in [7, 11) is 1.46. The van der Waals surface area contributed by atoms with Crippen molar-refractivity contribution in [3.63, 3.8) is 0 Å². The van der Waals surface area contributed by atoms with E-state index in [4.69, 9.17) is 10.5 Å². The minimum Gasteiger partial charge on any atom is -0.493 e. The van der Waals surface area contributed by atoms with Crippen LogP contribution < -0.4 is 10.5 Å². The number of rotatable bonds is 5. The third kappa shape index (κ3) is 3.98. The van der Waals surface area contributed by atoms with E-state index in [1.165, 1.54) is 7.11 Å². The molecule has 0 atom stereocenters. The van der Waals surface area contributed by atoms with Gasteiger partial charge in [0.2, 0.25) is 0 Å². The minimum absolute atomic E-state index is 0. The molecule has 0 spiro atoms. The van der Waals surface area contributed by atoms with Crippen LogP contribution in [0.3, 0.4) is 0 Å². The average Bonchev–Trinajstić information content (AvgIpc) is 2.27. The van der Waals surface area contributed by atoms with Gasteiger partial charge in [-0.25, -0.2) is 0 Å². The van der Waals surface area contributed by atoms with E-state index < -0.39 is 0 Å². The lowest BCUT2D eigenvalue weighted by molar-refractivity contribution is 0.213. The largest absolute Gasteiger partial charge is 0.493 e. The molecule has 0 saturated heterocycles. The third-order valence-corrected chi connectivity index (χ3v) is 1.81. The van der Waals surface area contributed by atoms with E-state index in [0.717, 1.165) is 17.7 Å². The standard InChI is InChI=1S/C11H16N2O2.ClH/c1-3-8-15-10-7-5-4-6-9(10)11(12)13-14-2;/h4-7H,3,8H2,1-2H3,(H2,12,13);1H. The molecule has 2 N–H and O–H groups in total. The highest BCUT2D eigenvalue weighted by Gasteiger charge is 2.06. The fourth-order valence-electron chi connectivity index (χ4n) is 1.16. The zero-order valence-corrected chi connectivity index (χ0v) is 10.3. The normalized spacial score (nSPS) is 10.5. The lowest BCUT2D eigenvalue weighted by Gasteiger charge is -2.09. The lowest BCUT2D eigenvalue weighted by Crippen LogP contribution is -2.15. The monoisotopic (exact) mass is 244 g/mol. The molecule has 1 aromatic rings. The van der Waals surface area contributed by atoms with Crippen LogP contribution >= 0.6 is 12.4 Å². The van der Waals surface area contributed by atoms with Crippen molar-refractivity contribution in [2.75, 3.05) is 13.7 Å². The predicted octanol–water partition coefficient (Wildman–Crippen LogP) is 2.16. The molecule has 16 heavy (non-hydrogen) atoms. The maximum Gasteiger partial charge on any atom is 0.174 e. The first-order valence-corrected chi connectivity index (χ1v) is 4.88. The Morgan fingerprint density at radius 2 is 2.06 bits per heavy atom. The van der Waals surface area contributed by atoms with Crippen LogP contribution in [0.15, 0.2) is 29.4 Å². The van der Waals surface area contributed by atoms with Crippen molar-refractivity contribution >= 4 is 18.2 Å². The number of ether oxygens (including phenoxy) is 1. The zero-order valence-electron chi connectivity index (χ0n) is 9.47. The Hall–Kier alpha value is -1.42. The fraction of sp³-hybridized carbons (Fsp3) is 0.364. The molecule has 0 heterocycles. The molecule has 0 bridgehead atoms. The van der Waals surface area contributed by atoms with Crippen molar-refractivity contribution in [3.8, 4) is 5.75 Å². The van der Waals surface area contributed by atoms with Gasteiger partial charge in [0.15, 0.2) is 5.84 Å². The van der Waals surface area contributed by atoms with Crippen LogP contribution in [-0.2, 0) is 4.84 Å². The summed E-state index contributed by atoms with van der Waals surface area (Å²) >= 11 is 0. The van der Waals surface area contributed by atoms with Gasteiger partial charge in [-0.2, -0.15) is 0 Å². The topological polar surface area (TPSA) is 56.8 Å². The number of nitrogens with two attached hydrogens (primary N) is 1. The van der Waals surface area contributed by atoms with Gasteiger partial charge in [-0.15, -0.1) is 12.4 Å². The van der Waals surface area contributed by atoms with E-state index in [1.54, 1.807) is 0 Å². The van der Waals surface area contributed by atoms with Gasteiger partial charge in [-0.05, 0) is 18.6 Å². The van der Waals surface area contributed by atoms with Gasteiger partial charge in [-0.3, -0.25) is 0 Å². The number of amidine groups is 1. The van der Waals surface area contributed by atoms with Gasteiger partial charge in [-0.1, -0.05) is 24.2 Å². The van der Waals surface area contributed by atoms with Gasteiger partial charge in [0.1, 0.15) is 12.9 Å². The van der Waals surface area contributed by atoms with Crippen LogP contribution in [0.5, 0.6) is 5.75 Å². The van der Waals surface area contributed by atoms with Crippen LogP contribution in [0.25, 0.3) is 0 Å². The van der Waals surface area contributed by atoms with E-state index in [9.17, 15) is 0 Å². The van der Waals surface area contributed by atoms with Gasteiger partial charge < -0.3 is 15.3 Å². The van der Waals surface area contributed by atoms with Gasteiger partial charge in [0.25, 0.3) is 0 Å². The van der Waals surface area contributed by atoms with Gasteiger partial charge in [0, 0.05) is 0 Å². The quantitative estimate of drug-likeness (QED) is 0.491. The summed E-state index contributed by atoms with van der Waals surface area (Å²) in [5, 5.41) is 3.68. The Balaban J connectivity index is 0.00000225. The summed E-state index contributed by atoms with van der Waals surface area (Å²) in [6.45, 7) is 2.71. The predicted molar refractivity (Wildman–Crippen MR) is 67.2 cm³/mol. The van der Waals surface area contributed by atoms with Gasteiger partial charge in [0.05, 0.1) is 12.2 Å². The molecule has 0 aliphatic carbocycles. The van der Waals surface area contributed by atoms with Crippen LogP contribution in [-0.4, -0.2) is 19.6 Å².